The van der Waals surface area contributed by atoms with E-state index in [0.717, 1.165) is 19.6 Å². The molecule has 1 N–H and O–H groups in total. The molecule has 0 saturated carbocycles. The van der Waals surface area contributed by atoms with Gasteiger partial charge in [-0.3, -0.25) is 4.90 Å². The molecule has 1 aromatic heterocycles. The fourth-order valence-electron chi connectivity index (χ4n) is 3.39. The van der Waals surface area contributed by atoms with Gasteiger partial charge in [-0.1, -0.05) is 31.5 Å². The third-order valence-corrected chi connectivity index (χ3v) is 5.50. The van der Waals surface area contributed by atoms with Crippen molar-refractivity contribution in [1.29, 1.82) is 0 Å². The van der Waals surface area contributed by atoms with Crippen LogP contribution >= 0.6 is 11.3 Å². The number of nitrogens with zero attached hydrogens (tertiary/aromatic N) is 1. The summed E-state index contributed by atoms with van der Waals surface area (Å²) in [5.74, 6) is 0. The third kappa shape index (κ3) is 3.31. The summed E-state index contributed by atoms with van der Waals surface area (Å²) in [6, 6.07) is 9.46. The Bertz CT molecular complexity index is 602. The molecule has 1 saturated heterocycles. The molecular weight excluding hydrogens is 276 g/mol. The van der Waals surface area contributed by atoms with Crippen LogP contribution in [0, 0.1) is 0 Å². The van der Waals surface area contributed by atoms with Gasteiger partial charge in [0.2, 0.25) is 0 Å². The van der Waals surface area contributed by atoms with E-state index in [1.165, 1.54) is 28.5 Å². The Hall–Kier alpha value is -0.900. The maximum atomic E-state index is 3.70. The van der Waals surface area contributed by atoms with Crippen LogP contribution in [-0.4, -0.2) is 29.6 Å². The lowest BCUT2D eigenvalue weighted by Gasteiger charge is -2.44. The van der Waals surface area contributed by atoms with E-state index in [4.69, 9.17) is 0 Å². The lowest BCUT2D eigenvalue weighted by Crippen LogP contribution is -2.61. The normalized spacial score (nSPS) is 22.7. The molecule has 0 radical (unpaired) electrons. The molecule has 0 amide bonds. The molecule has 2 nitrogen and oxygen atoms in total. The third-order valence-electron chi connectivity index (χ3n) is 4.49. The van der Waals surface area contributed by atoms with E-state index in [9.17, 15) is 0 Å². The van der Waals surface area contributed by atoms with Crippen molar-refractivity contribution in [3.8, 4) is 0 Å². The minimum absolute atomic E-state index is 0.218. The van der Waals surface area contributed by atoms with Gasteiger partial charge in [-0.2, -0.15) is 0 Å². The average Bonchev–Trinajstić information content (AvgIpc) is 2.85. The summed E-state index contributed by atoms with van der Waals surface area (Å²) in [4.78, 5) is 2.69. The summed E-state index contributed by atoms with van der Waals surface area (Å²) in [5.41, 5.74) is 1.71. The Morgan fingerprint density at radius 2 is 2.14 bits per heavy atom. The molecule has 1 aliphatic rings. The first-order valence-corrected chi connectivity index (χ1v) is 8.91. The molecule has 0 bridgehead atoms. The second-order valence-electron chi connectivity index (χ2n) is 6.87. The van der Waals surface area contributed by atoms with E-state index < -0.39 is 0 Å². The number of rotatable bonds is 4. The van der Waals surface area contributed by atoms with Crippen LogP contribution in [0.25, 0.3) is 10.1 Å². The molecule has 2 heterocycles. The Morgan fingerprint density at radius 3 is 2.95 bits per heavy atom. The molecule has 3 heteroatoms. The van der Waals surface area contributed by atoms with Crippen LogP contribution in [0.1, 0.15) is 39.2 Å². The highest BCUT2D eigenvalue weighted by Gasteiger charge is 2.32. The minimum atomic E-state index is 0.218. The number of piperazine rings is 1. The molecule has 1 aliphatic heterocycles. The number of benzene rings is 1. The Balaban J connectivity index is 1.83. The van der Waals surface area contributed by atoms with E-state index in [1.54, 1.807) is 0 Å². The molecular formula is C18H26N2S. The van der Waals surface area contributed by atoms with Crippen LogP contribution in [0.15, 0.2) is 29.6 Å². The highest BCUT2D eigenvalue weighted by Crippen LogP contribution is 2.29. The molecule has 21 heavy (non-hydrogen) atoms. The van der Waals surface area contributed by atoms with Gasteiger partial charge in [-0.25, -0.2) is 0 Å². The Morgan fingerprint density at radius 1 is 1.33 bits per heavy atom. The van der Waals surface area contributed by atoms with Crippen molar-refractivity contribution >= 4 is 21.4 Å². The van der Waals surface area contributed by atoms with Gasteiger partial charge >= 0.3 is 0 Å². The van der Waals surface area contributed by atoms with Gasteiger partial charge < -0.3 is 5.32 Å². The van der Waals surface area contributed by atoms with Crippen LogP contribution in [0.5, 0.6) is 0 Å². The fraction of sp³-hybridized carbons (Fsp3) is 0.556. The summed E-state index contributed by atoms with van der Waals surface area (Å²) in [6.07, 6.45) is 2.54. The molecule has 0 spiro atoms. The first-order chi connectivity index (χ1) is 10.1. The zero-order valence-corrected chi connectivity index (χ0v) is 14.2. The smallest absolute Gasteiger partial charge is 0.0346 e. The first-order valence-electron chi connectivity index (χ1n) is 8.03. The predicted octanol–water partition coefficient (Wildman–Crippen LogP) is 4.25. The van der Waals surface area contributed by atoms with E-state index >= 15 is 0 Å². The number of hydrogen-bond donors (Lipinski definition) is 1. The highest BCUT2D eigenvalue weighted by molar-refractivity contribution is 7.17. The van der Waals surface area contributed by atoms with Crippen molar-refractivity contribution < 1.29 is 0 Å². The summed E-state index contributed by atoms with van der Waals surface area (Å²) in [6.45, 7) is 10.2. The van der Waals surface area contributed by atoms with E-state index in [2.05, 4.69) is 60.6 Å². The SMILES string of the molecule is CCCC1CNC(C)(C)CN1Cc1csc2ccccc12. The molecule has 1 fully saturated rings. The molecule has 2 aromatic rings. The second kappa shape index (κ2) is 6.07. The number of fused-ring (bicyclic) bond motifs is 1. The van der Waals surface area contributed by atoms with Crippen molar-refractivity contribution in [2.45, 2.75) is 51.7 Å². The quantitative estimate of drug-likeness (QED) is 0.908. The molecule has 1 unspecified atom stereocenters. The van der Waals surface area contributed by atoms with E-state index in [-0.39, 0.29) is 5.54 Å². The Labute approximate surface area is 132 Å². The van der Waals surface area contributed by atoms with Gasteiger partial charge in [-0.15, -0.1) is 11.3 Å². The monoisotopic (exact) mass is 302 g/mol. The largest absolute Gasteiger partial charge is 0.309 e. The van der Waals surface area contributed by atoms with Crippen molar-refractivity contribution in [3.63, 3.8) is 0 Å². The van der Waals surface area contributed by atoms with Crippen molar-refractivity contribution in [1.82, 2.24) is 10.2 Å². The topological polar surface area (TPSA) is 15.3 Å². The number of thiophene rings is 1. The first kappa shape index (κ1) is 15.0. The summed E-state index contributed by atoms with van der Waals surface area (Å²) < 4.78 is 1.41. The van der Waals surface area contributed by atoms with Crippen LogP contribution < -0.4 is 5.32 Å². The summed E-state index contributed by atoms with van der Waals surface area (Å²) in [5, 5.41) is 7.49. The van der Waals surface area contributed by atoms with E-state index in [0.29, 0.717) is 6.04 Å². The molecule has 3 rings (SSSR count). The number of nitrogens with one attached hydrogen (secondary N) is 1. The van der Waals surface area contributed by atoms with Gasteiger partial charge in [-0.05, 0) is 42.7 Å². The average molecular weight is 302 g/mol. The fourth-order valence-corrected chi connectivity index (χ4v) is 4.35. The van der Waals surface area contributed by atoms with Crippen LogP contribution in [0.4, 0.5) is 0 Å². The lowest BCUT2D eigenvalue weighted by atomic mass is 9.96. The summed E-state index contributed by atoms with van der Waals surface area (Å²) >= 11 is 1.87. The maximum Gasteiger partial charge on any atom is 0.0346 e. The lowest BCUT2D eigenvalue weighted by molar-refractivity contribution is 0.0831. The summed E-state index contributed by atoms with van der Waals surface area (Å²) in [7, 11) is 0. The van der Waals surface area contributed by atoms with Crippen molar-refractivity contribution in [2.75, 3.05) is 13.1 Å². The number of hydrogen-bond acceptors (Lipinski definition) is 3. The van der Waals surface area contributed by atoms with Gasteiger partial charge in [0.1, 0.15) is 0 Å². The molecule has 114 valence electrons. The van der Waals surface area contributed by atoms with Crippen molar-refractivity contribution in [3.05, 3.63) is 35.2 Å². The Kier molecular flexibility index (Phi) is 4.34. The van der Waals surface area contributed by atoms with E-state index in [1.807, 2.05) is 11.3 Å². The van der Waals surface area contributed by atoms with Gasteiger partial charge in [0.25, 0.3) is 0 Å². The van der Waals surface area contributed by atoms with Crippen LogP contribution in [-0.2, 0) is 6.54 Å². The highest BCUT2D eigenvalue weighted by atomic mass is 32.1. The standard InChI is InChI=1S/C18H26N2S/c1-4-7-15-10-19-18(2,3)13-20(15)11-14-12-21-17-9-6-5-8-16(14)17/h5-6,8-9,12,15,19H,4,7,10-11,13H2,1-3H3. The molecule has 0 aliphatic carbocycles. The van der Waals surface area contributed by atoms with Gasteiger partial charge in [0.15, 0.2) is 0 Å². The molecule has 1 atom stereocenters. The van der Waals surface area contributed by atoms with Gasteiger partial charge in [0.05, 0.1) is 0 Å². The maximum absolute atomic E-state index is 3.70. The van der Waals surface area contributed by atoms with Crippen molar-refractivity contribution in [2.24, 2.45) is 0 Å². The zero-order valence-electron chi connectivity index (χ0n) is 13.4. The zero-order chi connectivity index (χ0) is 14.9. The molecule has 1 aromatic carbocycles. The van der Waals surface area contributed by atoms with Crippen LogP contribution in [0.3, 0.4) is 0 Å². The second-order valence-corrected chi connectivity index (χ2v) is 7.78. The predicted molar refractivity (Wildman–Crippen MR) is 93.0 cm³/mol. The van der Waals surface area contributed by atoms with Gasteiger partial charge in [0, 0.05) is 35.9 Å². The van der Waals surface area contributed by atoms with Crippen LogP contribution in [0.2, 0.25) is 0 Å². The minimum Gasteiger partial charge on any atom is -0.309 e.